The van der Waals surface area contributed by atoms with E-state index in [0.29, 0.717) is 18.2 Å². The van der Waals surface area contributed by atoms with E-state index in [-0.39, 0.29) is 11.3 Å². The highest BCUT2D eigenvalue weighted by Gasteiger charge is 2.49. The van der Waals surface area contributed by atoms with Gasteiger partial charge in [0.2, 0.25) is 5.91 Å². The molecule has 1 atom stereocenters. The number of nitrogens with two attached hydrogens (primary N) is 1. The van der Waals surface area contributed by atoms with E-state index in [0.717, 1.165) is 62.1 Å². The van der Waals surface area contributed by atoms with Crippen LogP contribution in [0.2, 0.25) is 0 Å². The van der Waals surface area contributed by atoms with Gasteiger partial charge in [-0.15, -0.1) is 0 Å². The number of benzene rings is 2. The summed E-state index contributed by atoms with van der Waals surface area (Å²) in [6.07, 6.45) is 7.33. The van der Waals surface area contributed by atoms with Crippen molar-refractivity contribution in [1.82, 2.24) is 4.90 Å². The lowest BCUT2D eigenvalue weighted by Gasteiger charge is -2.37. The maximum absolute atomic E-state index is 12.5. The molecule has 2 aliphatic heterocycles. The highest BCUT2D eigenvalue weighted by Crippen LogP contribution is 2.57. The number of anilines is 1. The minimum atomic E-state index is -0.386. The van der Waals surface area contributed by atoms with Crippen molar-refractivity contribution in [3.8, 4) is 5.75 Å². The first kappa shape index (κ1) is 21.1. The van der Waals surface area contributed by atoms with Crippen LogP contribution in [0, 0.1) is 0 Å². The number of nitrogens with zero attached hydrogens (tertiary/aromatic N) is 2. The molecule has 1 saturated heterocycles. The number of fused-ring (bicyclic) bond motifs is 1. The van der Waals surface area contributed by atoms with E-state index in [4.69, 9.17) is 10.5 Å². The third-order valence-electron chi connectivity index (χ3n) is 7.73. The van der Waals surface area contributed by atoms with Crippen LogP contribution in [0.4, 0.5) is 5.69 Å². The van der Waals surface area contributed by atoms with Crippen LogP contribution in [0.5, 0.6) is 5.75 Å². The van der Waals surface area contributed by atoms with E-state index in [1.807, 2.05) is 18.2 Å². The number of carbonyl (C=O) groups is 1. The molecule has 0 radical (unpaired) electrons. The summed E-state index contributed by atoms with van der Waals surface area (Å²) in [7, 11) is 4.27. The molecular formula is C27H33N3O2. The number of likely N-dealkylation sites (tertiary alicyclic amines) is 1. The predicted octanol–water partition coefficient (Wildman–Crippen LogP) is 3.97. The summed E-state index contributed by atoms with van der Waals surface area (Å²) < 4.78 is 6.04. The van der Waals surface area contributed by atoms with Crippen LogP contribution in [0.15, 0.2) is 36.9 Å². The molecular weight excluding hydrogens is 398 g/mol. The summed E-state index contributed by atoms with van der Waals surface area (Å²) in [5.74, 6) is 0.337. The zero-order valence-corrected chi connectivity index (χ0v) is 19.2. The van der Waals surface area contributed by atoms with Crippen molar-refractivity contribution in [3.05, 3.63) is 64.7 Å². The summed E-state index contributed by atoms with van der Waals surface area (Å²) in [5, 5.41) is 0. The Morgan fingerprint density at radius 1 is 1.22 bits per heavy atom. The number of likely N-dealkylation sites (N-methyl/N-ethyl adjacent to an activating group) is 1. The molecule has 2 fully saturated rings. The molecule has 2 heterocycles. The maximum Gasteiger partial charge on any atom is 0.249 e. The average Bonchev–Trinajstić information content (AvgIpc) is 3.59. The Morgan fingerprint density at radius 2 is 2.03 bits per heavy atom. The van der Waals surface area contributed by atoms with Crippen LogP contribution in [-0.2, 0) is 11.8 Å². The van der Waals surface area contributed by atoms with Crippen LogP contribution in [-0.4, -0.2) is 50.6 Å². The first-order valence-electron chi connectivity index (χ1n) is 11.7. The SMILES string of the molecule is C=Cc1cc2c(c(C3(c4ccc(OCC5CCN5C)cc4C(N)=O)CC3)c1)CCCN2C. The van der Waals surface area contributed by atoms with Crippen molar-refractivity contribution in [2.75, 3.05) is 38.7 Å². The van der Waals surface area contributed by atoms with Crippen molar-refractivity contribution >= 4 is 17.7 Å². The monoisotopic (exact) mass is 431 g/mol. The van der Waals surface area contributed by atoms with Gasteiger partial charge in [-0.25, -0.2) is 0 Å². The third kappa shape index (κ3) is 3.49. The number of ether oxygens (including phenoxy) is 1. The second kappa shape index (κ2) is 7.96. The molecule has 0 bridgehead atoms. The van der Waals surface area contributed by atoms with Gasteiger partial charge in [-0.2, -0.15) is 0 Å². The van der Waals surface area contributed by atoms with Gasteiger partial charge in [0.05, 0.1) is 0 Å². The molecule has 1 unspecified atom stereocenters. The minimum absolute atomic E-state index is 0.154. The zero-order chi connectivity index (χ0) is 22.5. The average molecular weight is 432 g/mol. The van der Waals surface area contributed by atoms with Gasteiger partial charge in [0, 0.05) is 36.3 Å². The minimum Gasteiger partial charge on any atom is -0.492 e. The molecule has 2 aromatic rings. The van der Waals surface area contributed by atoms with Crippen molar-refractivity contribution in [2.45, 2.75) is 43.6 Å². The van der Waals surface area contributed by atoms with Crippen LogP contribution in [0.25, 0.3) is 6.08 Å². The highest BCUT2D eigenvalue weighted by molar-refractivity contribution is 5.95. The quantitative estimate of drug-likeness (QED) is 0.721. The Kier molecular flexibility index (Phi) is 5.25. The Morgan fingerprint density at radius 3 is 2.66 bits per heavy atom. The Balaban J connectivity index is 1.54. The van der Waals surface area contributed by atoms with Crippen LogP contribution in [0.3, 0.4) is 0 Å². The molecule has 2 aromatic carbocycles. The van der Waals surface area contributed by atoms with Crippen molar-refractivity contribution in [1.29, 1.82) is 0 Å². The maximum atomic E-state index is 12.5. The normalized spacial score (nSPS) is 21.4. The van der Waals surface area contributed by atoms with Gasteiger partial charge in [-0.3, -0.25) is 9.69 Å². The van der Waals surface area contributed by atoms with Crippen LogP contribution >= 0.6 is 0 Å². The summed E-state index contributed by atoms with van der Waals surface area (Å²) in [6.45, 7) is 6.84. The Bertz CT molecular complexity index is 1070. The lowest BCUT2D eigenvalue weighted by Crippen LogP contribution is -2.48. The highest BCUT2D eigenvalue weighted by atomic mass is 16.5. The van der Waals surface area contributed by atoms with E-state index in [2.05, 4.69) is 48.7 Å². The van der Waals surface area contributed by atoms with Gasteiger partial charge in [0.15, 0.2) is 0 Å². The first-order chi connectivity index (χ1) is 15.4. The van der Waals surface area contributed by atoms with Gasteiger partial charge in [-0.1, -0.05) is 24.8 Å². The van der Waals surface area contributed by atoms with E-state index >= 15 is 0 Å². The van der Waals surface area contributed by atoms with Gasteiger partial charge in [-0.05, 0) is 86.1 Å². The number of primary amides is 1. The number of hydrogen-bond donors (Lipinski definition) is 1. The molecule has 1 amide bonds. The topological polar surface area (TPSA) is 58.8 Å². The Hall–Kier alpha value is -2.79. The molecule has 2 N–H and O–H groups in total. The van der Waals surface area contributed by atoms with E-state index in [9.17, 15) is 4.79 Å². The Labute approximate surface area is 190 Å². The molecule has 168 valence electrons. The molecule has 1 aliphatic carbocycles. The van der Waals surface area contributed by atoms with E-state index in [1.165, 1.54) is 16.8 Å². The second-order valence-corrected chi connectivity index (χ2v) is 9.68. The summed E-state index contributed by atoms with van der Waals surface area (Å²) >= 11 is 0. The summed E-state index contributed by atoms with van der Waals surface area (Å²) in [4.78, 5) is 17.2. The zero-order valence-electron chi connectivity index (χ0n) is 19.2. The van der Waals surface area contributed by atoms with Crippen LogP contribution in [0.1, 0.15) is 58.3 Å². The smallest absolute Gasteiger partial charge is 0.249 e. The second-order valence-electron chi connectivity index (χ2n) is 9.68. The van der Waals surface area contributed by atoms with Gasteiger partial charge < -0.3 is 15.4 Å². The molecule has 5 rings (SSSR count). The predicted molar refractivity (Wildman–Crippen MR) is 130 cm³/mol. The first-order valence-corrected chi connectivity index (χ1v) is 11.7. The van der Waals surface area contributed by atoms with Crippen molar-refractivity contribution in [3.63, 3.8) is 0 Å². The third-order valence-corrected chi connectivity index (χ3v) is 7.73. The summed E-state index contributed by atoms with van der Waals surface area (Å²) in [6, 6.07) is 10.9. The van der Waals surface area contributed by atoms with Gasteiger partial charge >= 0.3 is 0 Å². The number of hydrogen-bond acceptors (Lipinski definition) is 4. The van der Waals surface area contributed by atoms with E-state index in [1.54, 1.807) is 0 Å². The van der Waals surface area contributed by atoms with Gasteiger partial charge in [0.1, 0.15) is 12.4 Å². The van der Waals surface area contributed by atoms with Crippen molar-refractivity contribution in [2.24, 2.45) is 5.73 Å². The molecule has 5 nitrogen and oxygen atoms in total. The summed E-state index contributed by atoms with van der Waals surface area (Å²) in [5.41, 5.74) is 12.5. The lowest BCUT2D eigenvalue weighted by atomic mass is 9.79. The van der Waals surface area contributed by atoms with E-state index < -0.39 is 0 Å². The fourth-order valence-electron chi connectivity index (χ4n) is 5.46. The fraction of sp³-hybridized carbons (Fsp3) is 0.444. The number of amides is 1. The largest absolute Gasteiger partial charge is 0.492 e. The molecule has 1 saturated carbocycles. The molecule has 0 spiro atoms. The van der Waals surface area contributed by atoms with Crippen molar-refractivity contribution < 1.29 is 9.53 Å². The fourth-order valence-corrected chi connectivity index (χ4v) is 5.46. The van der Waals surface area contributed by atoms with Gasteiger partial charge in [0.25, 0.3) is 0 Å². The standard InChI is InChI=1S/C27H33N3O2/c1-4-18-14-24(21-6-5-12-30(3)25(21)15-18)27(10-11-27)23-8-7-20(16-22(23)26(28)31)32-17-19-9-13-29(19)2/h4,7-8,14-16,19H,1,5-6,9-13,17H2,2-3H3,(H2,28,31). The number of carbonyl (C=O) groups excluding carboxylic acids is 1. The molecule has 3 aliphatic rings. The molecule has 0 aromatic heterocycles. The molecule has 32 heavy (non-hydrogen) atoms. The lowest BCUT2D eigenvalue weighted by molar-refractivity contribution is 0.0768. The molecule has 5 heteroatoms. The van der Waals surface area contributed by atoms with Crippen LogP contribution < -0.4 is 15.4 Å². The number of rotatable bonds is 7.